The maximum Gasteiger partial charge on any atom is 0.245 e. The Labute approximate surface area is 122 Å². The van der Waals surface area contributed by atoms with E-state index in [1.165, 1.54) is 6.08 Å². The highest BCUT2D eigenvalue weighted by Crippen LogP contribution is 2.16. The molecular formula is C15H27N3O2. The Hall–Kier alpha value is -1.36. The van der Waals surface area contributed by atoms with Crippen LogP contribution in [0.3, 0.4) is 0 Å². The summed E-state index contributed by atoms with van der Waals surface area (Å²) in [6.07, 6.45) is 2.86. The van der Waals surface area contributed by atoms with Crippen LogP contribution in [0.4, 0.5) is 0 Å². The van der Waals surface area contributed by atoms with Crippen molar-refractivity contribution in [2.24, 2.45) is 5.92 Å². The zero-order chi connectivity index (χ0) is 15.3. The quantitative estimate of drug-likeness (QED) is 0.735. The third-order valence-corrected chi connectivity index (χ3v) is 3.71. The van der Waals surface area contributed by atoms with E-state index in [1.54, 1.807) is 0 Å². The molecular weight excluding hydrogens is 254 g/mol. The molecule has 1 heterocycles. The molecule has 0 saturated carbocycles. The lowest BCUT2D eigenvalue weighted by atomic mass is 10.0. The van der Waals surface area contributed by atoms with Gasteiger partial charge in [-0.15, -0.1) is 0 Å². The van der Waals surface area contributed by atoms with Gasteiger partial charge in [0.1, 0.15) is 6.04 Å². The minimum atomic E-state index is -0.443. The number of nitrogens with one attached hydrogen (secondary N) is 1. The molecule has 2 atom stereocenters. The number of hydrogen-bond donors (Lipinski definition) is 1. The van der Waals surface area contributed by atoms with Gasteiger partial charge >= 0.3 is 0 Å². The van der Waals surface area contributed by atoms with E-state index >= 15 is 0 Å². The Morgan fingerprint density at radius 3 is 2.55 bits per heavy atom. The molecule has 114 valence electrons. The van der Waals surface area contributed by atoms with Gasteiger partial charge in [-0.3, -0.25) is 9.59 Å². The minimum Gasteiger partial charge on any atom is -0.341 e. The second kappa shape index (κ2) is 7.43. The maximum atomic E-state index is 12.6. The number of carbonyl (C=O) groups is 2. The summed E-state index contributed by atoms with van der Waals surface area (Å²) in [6.45, 7) is 9.04. The molecule has 0 spiro atoms. The van der Waals surface area contributed by atoms with Gasteiger partial charge in [0.2, 0.25) is 11.8 Å². The average molecular weight is 281 g/mol. The molecule has 1 unspecified atom stereocenters. The Bertz CT molecular complexity index is 366. The van der Waals surface area contributed by atoms with E-state index in [-0.39, 0.29) is 11.8 Å². The van der Waals surface area contributed by atoms with Crippen LogP contribution in [-0.2, 0) is 9.59 Å². The first-order valence-electron chi connectivity index (χ1n) is 7.23. The molecule has 1 aliphatic rings. The van der Waals surface area contributed by atoms with Gasteiger partial charge in [-0.2, -0.15) is 0 Å². The Kier molecular flexibility index (Phi) is 6.20. The lowest BCUT2D eigenvalue weighted by molar-refractivity contribution is -0.135. The summed E-state index contributed by atoms with van der Waals surface area (Å²) >= 11 is 0. The number of likely N-dealkylation sites (tertiary alicyclic amines) is 1. The van der Waals surface area contributed by atoms with Crippen LogP contribution in [0.2, 0.25) is 0 Å². The largest absolute Gasteiger partial charge is 0.341 e. The van der Waals surface area contributed by atoms with Gasteiger partial charge in [0.05, 0.1) is 0 Å². The van der Waals surface area contributed by atoms with E-state index in [2.05, 4.69) is 16.8 Å². The lowest BCUT2D eigenvalue weighted by Crippen LogP contribution is -2.48. The number of nitrogens with zero attached hydrogens (tertiary/aromatic N) is 2. The molecule has 0 aromatic carbocycles. The van der Waals surface area contributed by atoms with Crippen molar-refractivity contribution in [3.8, 4) is 0 Å². The summed E-state index contributed by atoms with van der Waals surface area (Å²) in [4.78, 5) is 28.1. The van der Waals surface area contributed by atoms with Crippen molar-refractivity contribution in [1.82, 2.24) is 15.1 Å². The summed E-state index contributed by atoms with van der Waals surface area (Å²) in [5.74, 6) is 0.0897. The van der Waals surface area contributed by atoms with Gasteiger partial charge in [0.25, 0.3) is 0 Å². The lowest BCUT2D eigenvalue weighted by Gasteiger charge is -2.26. The average Bonchev–Trinajstić information content (AvgIpc) is 2.86. The summed E-state index contributed by atoms with van der Waals surface area (Å²) in [5, 5.41) is 2.76. The number of amides is 2. The summed E-state index contributed by atoms with van der Waals surface area (Å²) < 4.78 is 0. The molecule has 1 saturated heterocycles. The van der Waals surface area contributed by atoms with Crippen LogP contribution in [0.25, 0.3) is 0 Å². The van der Waals surface area contributed by atoms with E-state index < -0.39 is 6.04 Å². The van der Waals surface area contributed by atoms with E-state index in [0.29, 0.717) is 18.4 Å². The van der Waals surface area contributed by atoms with Crippen molar-refractivity contribution >= 4 is 11.8 Å². The first-order valence-corrected chi connectivity index (χ1v) is 7.23. The first-order chi connectivity index (χ1) is 9.35. The molecule has 1 aliphatic heterocycles. The highest BCUT2D eigenvalue weighted by Gasteiger charge is 2.32. The molecule has 0 radical (unpaired) electrons. The summed E-state index contributed by atoms with van der Waals surface area (Å²) in [5.41, 5.74) is 0. The Morgan fingerprint density at radius 2 is 2.10 bits per heavy atom. The molecule has 1 fully saturated rings. The van der Waals surface area contributed by atoms with Gasteiger partial charge in [0.15, 0.2) is 0 Å². The Morgan fingerprint density at radius 1 is 1.45 bits per heavy atom. The third-order valence-electron chi connectivity index (χ3n) is 3.71. The van der Waals surface area contributed by atoms with Crippen molar-refractivity contribution in [2.45, 2.75) is 38.8 Å². The highest BCUT2D eigenvalue weighted by molar-refractivity contribution is 5.92. The van der Waals surface area contributed by atoms with E-state index in [0.717, 1.165) is 19.5 Å². The molecule has 1 rings (SSSR count). The van der Waals surface area contributed by atoms with Gasteiger partial charge in [-0.25, -0.2) is 0 Å². The second-order valence-corrected chi connectivity index (χ2v) is 6.09. The second-order valence-electron chi connectivity index (χ2n) is 6.09. The molecule has 0 aliphatic carbocycles. The molecule has 0 aromatic rings. The molecule has 0 bridgehead atoms. The van der Waals surface area contributed by atoms with E-state index in [1.807, 2.05) is 32.8 Å². The number of rotatable bonds is 6. The summed E-state index contributed by atoms with van der Waals surface area (Å²) in [7, 11) is 4.06. The smallest absolute Gasteiger partial charge is 0.245 e. The highest BCUT2D eigenvalue weighted by atomic mass is 16.2. The predicted octanol–water partition coefficient (Wildman–Crippen LogP) is 0.866. The zero-order valence-corrected chi connectivity index (χ0v) is 13.1. The van der Waals surface area contributed by atoms with Gasteiger partial charge in [0, 0.05) is 19.1 Å². The van der Waals surface area contributed by atoms with Crippen LogP contribution in [0, 0.1) is 5.92 Å². The topological polar surface area (TPSA) is 52.7 Å². The van der Waals surface area contributed by atoms with Gasteiger partial charge in [-0.05, 0) is 38.9 Å². The zero-order valence-electron chi connectivity index (χ0n) is 13.1. The molecule has 5 nitrogen and oxygen atoms in total. The number of likely N-dealkylation sites (N-methyl/N-ethyl adjacent to an activating group) is 1. The van der Waals surface area contributed by atoms with Gasteiger partial charge < -0.3 is 15.1 Å². The third kappa shape index (κ3) is 4.63. The van der Waals surface area contributed by atoms with E-state index in [9.17, 15) is 9.59 Å². The fraction of sp³-hybridized carbons (Fsp3) is 0.733. The first kappa shape index (κ1) is 16.7. The molecule has 20 heavy (non-hydrogen) atoms. The standard InChI is InChI=1S/C15H27N3O2/c1-6-14(19)16-13(9-11(2)3)15(20)18-8-7-12(10-18)17(4)5/h6,11-13H,1,7-10H2,2-5H3,(H,16,19)/t12?,13-/m0/s1. The fourth-order valence-electron chi connectivity index (χ4n) is 2.51. The minimum absolute atomic E-state index is 0.0262. The van der Waals surface area contributed by atoms with Crippen LogP contribution >= 0.6 is 0 Å². The molecule has 2 amide bonds. The fourth-order valence-corrected chi connectivity index (χ4v) is 2.51. The van der Waals surface area contributed by atoms with Gasteiger partial charge in [-0.1, -0.05) is 20.4 Å². The van der Waals surface area contributed by atoms with Crippen LogP contribution in [-0.4, -0.2) is 60.9 Å². The monoisotopic (exact) mass is 281 g/mol. The number of hydrogen-bond acceptors (Lipinski definition) is 3. The van der Waals surface area contributed by atoms with Crippen LogP contribution in [0.1, 0.15) is 26.7 Å². The predicted molar refractivity (Wildman–Crippen MR) is 80.3 cm³/mol. The molecule has 5 heteroatoms. The van der Waals surface area contributed by atoms with Crippen LogP contribution < -0.4 is 5.32 Å². The van der Waals surface area contributed by atoms with Crippen LogP contribution in [0.5, 0.6) is 0 Å². The molecule has 0 aromatic heterocycles. The number of carbonyl (C=O) groups excluding carboxylic acids is 2. The van der Waals surface area contributed by atoms with E-state index in [4.69, 9.17) is 0 Å². The Balaban J connectivity index is 2.68. The van der Waals surface area contributed by atoms with Crippen molar-refractivity contribution in [3.05, 3.63) is 12.7 Å². The SMILES string of the molecule is C=CC(=O)N[C@@H](CC(C)C)C(=O)N1CCC(N(C)C)C1. The summed E-state index contributed by atoms with van der Waals surface area (Å²) in [6, 6.07) is -0.0323. The molecule has 1 N–H and O–H groups in total. The van der Waals surface area contributed by atoms with Crippen molar-refractivity contribution in [2.75, 3.05) is 27.2 Å². The van der Waals surface area contributed by atoms with Crippen LogP contribution in [0.15, 0.2) is 12.7 Å². The normalized spacial score (nSPS) is 20.3. The van der Waals surface area contributed by atoms with Crippen molar-refractivity contribution < 1.29 is 9.59 Å². The van der Waals surface area contributed by atoms with Crippen molar-refractivity contribution in [3.63, 3.8) is 0 Å². The van der Waals surface area contributed by atoms with Crippen molar-refractivity contribution in [1.29, 1.82) is 0 Å². The maximum absolute atomic E-state index is 12.6.